The van der Waals surface area contributed by atoms with Gasteiger partial charge < -0.3 is 11.6 Å². The maximum atomic E-state index is 10.6. The van der Waals surface area contributed by atoms with Crippen LogP contribution in [0.1, 0.15) is 66.1 Å². The summed E-state index contributed by atoms with van der Waals surface area (Å²) in [6.45, 7) is 2.18. The van der Waals surface area contributed by atoms with Crippen molar-refractivity contribution in [1.82, 2.24) is 0 Å². The fraction of sp³-hybridized carbons (Fsp3) is 0.846. The van der Waals surface area contributed by atoms with E-state index in [1.807, 2.05) is 0 Å². The SMILES string of the molecule is CCCCCCCCCCC(C(=O)O)C(=O)O.[H-].[K+]. The molecule has 0 saturated carbocycles. The molecule has 0 aromatic heterocycles. The van der Waals surface area contributed by atoms with E-state index in [2.05, 4.69) is 6.92 Å². The van der Waals surface area contributed by atoms with Crippen molar-refractivity contribution >= 4 is 11.9 Å². The third-order valence-corrected chi connectivity index (χ3v) is 2.94. The summed E-state index contributed by atoms with van der Waals surface area (Å²) in [7, 11) is 0. The molecule has 0 saturated heterocycles. The Balaban J connectivity index is -0.00000128. The number of aliphatic carboxylic acids is 2. The molecule has 0 atom stereocenters. The summed E-state index contributed by atoms with van der Waals surface area (Å²) >= 11 is 0. The summed E-state index contributed by atoms with van der Waals surface area (Å²) < 4.78 is 0. The van der Waals surface area contributed by atoms with Gasteiger partial charge in [-0.05, 0) is 6.42 Å². The van der Waals surface area contributed by atoms with Crippen molar-refractivity contribution in [1.29, 1.82) is 0 Å². The Hall–Kier alpha value is 0.576. The van der Waals surface area contributed by atoms with Gasteiger partial charge in [0.1, 0.15) is 0 Å². The van der Waals surface area contributed by atoms with Crippen molar-refractivity contribution in [2.24, 2.45) is 5.92 Å². The monoisotopic (exact) mass is 284 g/mol. The maximum absolute atomic E-state index is 10.6. The molecular weight excluding hydrogens is 259 g/mol. The quantitative estimate of drug-likeness (QED) is 0.327. The van der Waals surface area contributed by atoms with Gasteiger partial charge in [0.25, 0.3) is 0 Å². The second-order valence-corrected chi connectivity index (χ2v) is 4.49. The van der Waals surface area contributed by atoms with Crippen LogP contribution in [0.3, 0.4) is 0 Å². The van der Waals surface area contributed by atoms with E-state index in [-0.39, 0.29) is 59.2 Å². The standard InChI is InChI=1S/C13H24O4.K.H/c1-2-3-4-5-6-7-8-9-10-11(12(14)15)13(16)17;;/h11H,2-10H2,1H3,(H,14,15)(H,16,17);;/q;+1;-1. The predicted molar refractivity (Wildman–Crippen MR) is 67.1 cm³/mol. The fourth-order valence-corrected chi connectivity index (χ4v) is 1.83. The van der Waals surface area contributed by atoms with Crippen LogP contribution in [-0.2, 0) is 9.59 Å². The minimum Gasteiger partial charge on any atom is -1.00 e. The average Bonchev–Trinajstić information content (AvgIpc) is 2.26. The van der Waals surface area contributed by atoms with Crippen LogP contribution in [0.2, 0.25) is 0 Å². The third-order valence-electron chi connectivity index (χ3n) is 2.94. The van der Waals surface area contributed by atoms with E-state index in [0.29, 0.717) is 6.42 Å². The van der Waals surface area contributed by atoms with Gasteiger partial charge in [-0.1, -0.05) is 58.3 Å². The molecule has 0 heterocycles. The molecule has 0 aliphatic heterocycles. The number of carboxylic acid groups (broad SMARTS) is 2. The molecule has 5 heteroatoms. The molecule has 0 rings (SSSR count). The van der Waals surface area contributed by atoms with E-state index in [1.165, 1.54) is 32.1 Å². The van der Waals surface area contributed by atoms with Crippen LogP contribution in [0.4, 0.5) is 0 Å². The van der Waals surface area contributed by atoms with E-state index in [0.717, 1.165) is 12.8 Å². The van der Waals surface area contributed by atoms with Gasteiger partial charge in [0, 0.05) is 0 Å². The van der Waals surface area contributed by atoms with Crippen molar-refractivity contribution in [2.75, 3.05) is 0 Å². The first-order valence-electron chi connectivity index (χ1n) is 6.55. The summed E-state index contributed by atoms with van der Waals surface area (Å²) in [6.07, 6.45) is 9.14. The van der Waals surface area contributed by atoms with Gasteiger partial charge in [-0.3, -0.25) is 9.59 Å². The number of hydrogen-bond donors (Lipinski definition) is 2. The first kappa shape index (κ1) is 20.9. The van der Waals surface area contributed by atoms with Gasteiger partial charge in [-0.15, -0.1) is 0 Å². The molecule has 0 amide bonds. The van der Waals surface area contributed by atoms with Gasteiger partial charge in [-0.2, -0.15) is 0 Å². The summed E-state index contributed by atoms with van der Waals surface area (Å²) in [5.41, 5.74) is 0. The largest absolute Gasteiger partial charge is 1.00 e. The Morgan fingerprint density at radius 2 is 1.28 bits per heavy atom. The number of carboxylic acids is 2. The number of hydrogen-bond acceptors (Lipinski definition) is 2. The average molecular weight is 284 g/mol. The first-order chi connectivity index (χ1) is 8.09. The van der Waals surface area contributed by atoms with Crippen LogP contribution in [0, 0.1) is 5.92 Å². The minimum absolute atomic E-state index is 0. The zero-order valence-corrected chi connectivity index (χ0v) is 14.8. The second-order valence-electron chi connectivity index (χ2n) is 4.49. The smallest absolute Gasteiger partial charge is 1.00 e. The molecule has 0 aliphatic carbocycles. The topological polar surface area (TPSA) is 74.6 Å². The Bertz CT molecular complexity index is 223. The molecule has 0 aromatic carbocycles. The van der Waals surface area contributed by atoms with Crippen molar-refractivity contribution in [3.05, 3.63) is 0 Å². The molecule has 4 nitrogen and oxygen atoms in total. The van der Waals surface area contributed by atoms with Crippen LogP contribution in [0.25, 0.3) is 0 Å². The van der Waals surface area contributed by atoms with Gasteiger partial charge in [-0.25, -0.2) is 0 Å². The Morgan fingerprint density at radius 3 is 1.67 bits per heavy atom. The molecule has 0 unspecified atom stereocenters. The van der Waals surface area contributed by atoms with Gasteiger partial charge in [0.05, 0.1) is 0 Å². The first-order valence-corrected chi connectivity index (χ1v) is 6.55. The van der Waals surface area contributed by atoms with Crippen molar-refractivity contribution < 1.29 is 72.6 Å². The molecule has 0 aromatic rings. The summed E-state index contributed by atoms with van der Waals surface area (Å²) in [5, 5.41) is 17.3. The number of unbranched alkanes of at least 4 members (excludes halogenated alkanes) is 7. The zero-order chi connectivity index (χ0) is 13.1. The van der Waals surface area contributed by atoms with Crippen molar-refractivity contribution in [2.45, 2.75) is 64.7 Å². The van der Waals surface area contributed by atoms with E-state index in [9.17, 15) is 9.59 Å². The minimum atomic E-state index is -1.23. The Kier molecular flexibility index (Phi) is 16.2. The summed E-state index contributed by atoms with van der Waals surface area (Å²) in [5.74, 6) is -3.67. The predicted octanol–water partition coefficient (Wildman–Crippen LogP) is 0.419. The van der Waals surface area contributed by atoms with Gasteiger partial charge in [0.15, 0.2) is 5.92 Å². The van der Waals surface area contributed by atoms with E-state index < -0.39 is 17.9 Å². The molecule has 0 fully saturated rings. The maximum Gasteiger partial charge on any atom is 1.00 e. The number of rotatable bonds is 11. The molecule has 102 valence electrons. The van der Waals surface area contributed by atoms with Gasteiger partial charge in [0.2, 0.25) is 0 Å². The Labute approximate surface area is 153 Å². The molecule has 18 heavy (non-hydrogen) atoms. The Morgan fingerprint density at radius 1 is 0.889 bits per heavy atom. The number of carbonyl (C=O) groups is 2. The summed E-state index contributed by atoms with van der Waals surface area (Å²) in [4.78, 5) is 21.2. The van der Waals surface area contributed by atoms with E-state index >= 15 is 0 Å². The normalized spacial score (nSPS) is 10.1. The molecular formula is C13H25KO4. The van der Waals surface area contributed by atoms with Crippen molar-refractivity contribution in [3.63, 3.8) is 0 Å². The van der Waals surface area contributed by atoms with Crippen LogP contribution in [0.5, 0.6) is 0 Å². The fourth-order valence-electron chi connectivity index (χ4n) is 1.83. The molecule has 0 radical (unpaired) electrons. The van der Waals surface area contributed by atoms with E-state index in [4.69, 9.17) is 10.2 Å². The third kappa shape index (κ3) is 11.7. The molecule has 2 N–H and O–H groups in total. The van der Waals surface area contributed by atoms with Gasteiger partial charge >= 0.3 is 63.3 Å². The van der Waals surface area contributed by atoms with Crippen LogP contribution >= 0.6 is 0 Å². The molecule has 0 aliphatic rings. The van der Waals surface area contributed by atoms with Crippen LogP contribution in [0.15, 0.2) is 0 Å². The molecule has 0 bridgehead atoms. The molecule has 0 spiro atoms. The zero-order valence-electron chi connectivity index (χ0n) is 12.7. The van der Waals surface area contributed by atoms with Crippen LogP contribution < -0.4 is 51.4 Å². The second kappa shape index (κ2) is 14.0. The van der Waals surface area contributed by atoms with Crippen LogP contribution in [-0.4, -0.2) is 22.2 Å². The van der Waals surface area contributed by atoms with E-state index in [1.54, 1.807) is 0 Å². The summed E-state index contributed by atoms with van der Waals surface area (Å²) in [6, 6.07) is 0. The van der Waals surface area contributed by atoms with Crippen molar-refractivity contribution in [3.8, 4) is 0 Å².